The van der Waals surface area contributed by atoms with Crippen molar-refractivity contribution in [1.29, 1.82) is 0 Å². The lowest BCUT2D eigenvalue weighted by atomic mass is 9.49. The average Bonchev–Trinajstić information content (AvgIpc) is 3.40. The number of hydrogen-bond donors (Lipinski definition) is 0. The minimum Gasteiger partial charge on any atom is -0.465 e. The van der Waals surface area contributed by atoms with Crippen LogP contribution in [-0.4, -0.2) is 62.8 Å². The molecule has 0 amide bonds. The molecule has 5 rings (SSSR count). The molecule has 48 heavy (non-hydrogen) atoms. The Bertz CT molecular complexity index is 1030. The van der Waals surface area contributed by atoms with Crippen molar-refractivity contribution in [1.82, 2.24) is 4.90 Å². The lowest BCUT2D eigenvalue weighted by Crippen LogP contribution is -2.47. The van der Waals surface area contributed by atoms with E-state index in [1.54, 1.807) is 0 Å². The van der Waals surface area contributed by atoms with Gasteiger partial charge in [0, 0.05) is 13.0 Å². The standard InChI is InChI=1S/C41H67NO6/c1-4-5-6-7-8-9-10-11-12-13-14-15-16-17-18-19-37(43)46-29-36(31-48-39(45)40(2)20-21-42(3)32-40)30-47-38(44)28-41-25-33-22-34(26-41)24-35(23-33)27-41/h8-9,11-12,33-36H,4-7,10,13-32H2,1-3H3/b9-8-,12-11-. The summed E-state index contributed by atoms with van der Waals surface area (Å²) in [6, 6.07) is 0. The molecule has 0 aromatic rings. The van der Waals surface area contributed by atoms with Crippen molar-refractivity contribution in [3.8, 4) is 0 Å². The van der Waals surface area contributed by atoms with E-state index in [0.29, 0.717) is 19.4 Å². The molecular formula is C41H67NO6. The highest BCUT2D eigenvalue weighted by Crippen LogP contribution is 2.61. The van der Waals surface area contributed by atoms with E-state index < -0.39 is 5.41 Å². The van der Waals surface area contributed by atoms with E-state index in [-0.39, 0.29) is 49.1 Å². The first-order valence-corrected chi connectivity index (χ1v) is 19.7. The first-order valence-electron chi connectivity index (χ1n) is 19.7. The average molecular weight is 670 g/mol. The Morgan fingerprint density at radius 1 is 0.750 bits per heavy atom. The number of ether oxygens (including phenoxy) is 3. The van der Waals surface area contributed by atoms with Crippen LogP contribution in [0.15, 0.2) is 24.3 Å². The number of carbonyl (C=O) groups excluding carboxylic acids is 3. The molecule has 2 unspecified atom stereocenters. The van der Waals surface area contributed by atoms with Gasteiger partial charge in [-0.2, -0.15) is 0 Å². The Hall–Kier alpha value is -2.15. The van der Waals surface area contributed by atoms with Crippen molar-refractivity contribution >= 4 is 17.9 Å². The lowest BCUT2D eigenvalue weighted by Gasteiger charge is -2.56. The maximum absolute atomic E-state index is 13.1. The predicted molar refractivity (Wildman–Crippen MR) is 191 cm³/mol. The molecule has 1 aliphatic heterocycles. The molecule has 5 fully saturated rings. The smallest absolute Gasteiger partial charge is 0.313 e. The molecular weight excluding hydrogens is 602 g/mol. The highest BCUT2D eigenvalue weighted by molar-refractivity contribution is 5.77. The van der Waals surface area contributed by atoms with Crippen LogP contribution in [0.3, 0.4) is 0 Å². The Kier molecular flexibility index (Phi) is 16.0. The summed E-state index contributed by atoms with van der Waals surface area (Å²) in [6.45, 7) is 5.99. The van der Waals surface area contributed by atoms with Crippen molar-refractivity contribution in [2.45, 2.75) is 142 Å². The molecule has 0 N–H and O–H groups in total. The summed E-state index contributed by atoms with van der Waals surface area (Å²) in [7, 11) is 2.01. The Labute approximate surface area is 292 Å². The molecule has 4 saturated carbocycles. The van der Waals surface area contributed by atoms with Crippen LogP contribution in [-0.2, 0) is 28.6 Å². The molecule has 5 aliphatic rings. The molecule has 272 valence electrons. The minimum atomic E-state index is -0.535. The normalized spacial score (nSPS) is 28.8. The topological polar surface area (TPSA) is 82.1 Å². The van der Waals surface area contributed by atoms with Crippen molar-refractivity contribution in [3.63, 3.8) is 0 Å². The lowest BCUT2D eigenvalue weighted by molar-refractivity contribution is -0.161. The first-order chi connectivity index (χ1) is 23.2. The number of allylic oxidation sites excluding steroid dienone is 4. The van der Waals surface area contributed by atoms with E-state index >= 15 is 0 Å². The largest absolute Gasteiger partial charge is 0.465 e. The molecule has 7 heteroatoms. The summed E-state index contributed by atoms with van der Waals surface area (Å²) in [5.41, 5.74) is -0.419. The van der Waals surface area contributed by atoms with Gasteiger partial charge < -0.3 is 19.1 Å². The van der Waals surface area contributed by atoms with E-state index in [1.807, 2.05) is 14.0 Å². The zero-order valence-electron chi connectivity index (χ0n) is 30.7. The number of esters is 3. The second-order valence-electron chi connectivity index (χ2n) is 16.5. The molecule has 1 heterocycles. The van der Waals surface area contributed by atoms with E-state index in [0.717, 1.165) is 82.1 Å². The fraction of sp³-hybridized carbons (Fsp3) is 0.829. The van der Waals surface area contributed by atoms with Crippen molar-refractivity contribution in [2.24, 2.45) is 34.5 Å². The number of unbranched alkanes of at least 4 members (excludes halogenated alkanes) is 8. The molecule has 2 atom stereocenters. The fourth-order valence-corrected chi connectivity index (χ4v) is 9.31. The van der Waals surface area contributed by atoms with Crippen LogP contribution in [0.1, 0.15) is 142 Å². The maximum atomic E-state index is 13.1. The number of carbonyl (C=O) groups is 3. The Balaban J connectivity index is 1.12. The molecule has 0 aromatic heterocycles. The highest BCUT2D eigenvalue weighted by atomic mass is 16.6. The van der Waals surface area contributed by atoms with Gasteiger partial charge in [0.25, 0.3) is 0 Å². The highest BCUT2D eigenvalue weighted by Gasteiger charge is 2.51. The number of hydrogen-bond acceptors (Lipinski definition) is 7. The van der Waals surface area contributed by atoms with Gasteiger partial charge in [-0.05, 0) is 127 Å². The molecule has 4 aliphatic carbocycles. The van der Waals surface area contributed by atoms with Crippen LogP contribution >= 0.6 is 0 Å². The molecule has 1 saturated heterocycles. The van der Waals surface area contributed by atoms with E-state index in [9.17, 15) is 14.4 Å². The van der Waals surface area contributed by atoms with Gasteiger partial charge in [0.2, 0.25) is 0 Å². The van der Waals surface area contributed by atoms with Crippen LogP contribution in [0.4, 0.5) is 0 Å². The molecule has 0 aromatic carbocycles. The van der Waals surface area contributed by atoms with Gasteiger partial charge in [0.15, 0.2) is 0 Å². The van der Waals surface area contributed by atoms with Gasteiger partial charge in [-0.25, -0.2) is 0 Å². The van der Waals surface area contributed by atoms with Crippen molar-refractivity contribution in [2.75, 3.05) is 40.0 Å². The fourth-order valence-electron chi connectivity index (χ4n) is 9.31. The summed E-state index contributed by atoms with van der Waals surface area (Å²) in [5, 5.41) is 0. The monoisotopic (exact) mass is 669 g/mol. The van der Waals surface area contributed by atoms with Gasteiger partial charge in [0.1, 0.15) is 19.8 Å². The van der Waals surface area contributed by atoms with Crippen LogP contribution in [0.25, 0.3) is 0 Å². The second-order valence-corrected chi connectivity index (χ2v) is 16.5. The molecule has 0 radical (unpaired) electrons. The molecule has 4 bridgehead atoms. The zero-order valence-corrected chi connectivity index (χ0v) is 30.7. The molecule has 0 spiro atoms. The van der Waals surface area contributed by atoms with Gasteiger partial charge in [-0.1, -0.05) is 63.3 Å². The van der Waals surface area contributed by atoms with Crippen LogP contribution in [0, 0.1) is 34.5 Å². The third-order valence-corrected chi connectivity index (χ3v) is 11.6. The van der Waals surface area contributed by atoms with Crippen LogP contribution in [0.2, 0.25) is 0 Å². The zero-order chi connectivity index (χ0) is 34.2. The van der Waals surface area contributed by atoms with Crippen LogP contribution in [0.5, 0.6) is 0 Å². The first kappa shape index (κ1) is 38.6. The third kappa shape index (κ3) is 12.9. The summed E-state index contributed by atoms with van der Waals surface area (Å²) in [6.07, 6.45) is 30.8. The predicted octanol–water partition coefficient (Wildman–Crippen LogP) is 8.99. The number of nitrogens with zero attached hydrogens (tertiary/aromatic N) is 1. The maximum Gasteiger partial charge on any atom is 0.313 e. The summed E-state index contributed by atoms with van der Waals surface area (Å²) < 4.78 is 17.2. The summed E-state index contributed by atoms with van der Waals surface area (Å²) >= 11 is 0. The Morgan fingerprint density at radius 3 is 1.92 bits per heavy atom. The SMILES string of the molecule is CCCCC/C=C\C/C=C\CCCCCCCC(=O)OCC(COC(=O)CC12CC3CC(CC(C3)C1)C2)COC(=O)C1(C)CCN(C)C1. The van der Waals surface area contributed by atoms with E-state index in [4.69, 9.17) is 14.2 Å². The quantitative estimate of drug-likeness (QED) is 0.0465. The van der Waals surface area contributed by atoms with Gasteiger partial charge in [-0.3, -0.25) is 14.4 Å². The Morgan fingerprint density at radius 2 is 1.31 bits per heavy atom. The summed E-state index contributed by atoms with van der Waals surface area (Å²) in [4.78, 5) is 40.9. The number of rotatable bonds is 23. The van der Waals surface area contributed by atoms with E-state index in [2.05, 4.69) is 36.1 Å². The van der Waals surface area contributed by atoms with Gasteiger partial charge >= 0.3 is 17.9 Å². The third-order valence-electron chi connectivity index (χ3n) is 11.6. The molecule has 7 nitrogen and oxygen atoms in total. The van der Waals surface area contributed by atoms with E-state index in [1.165, 1.54) is 57.8 Å². The van der Waals surface area contributed by atoms with Crippen LogP contribution < -0.4 is 0 Å². The number of likely N-dealkylation sites (tertiary alicyclic amines) is 1. The summed E-state index contributed by atoms with van der Waals surface area (Å²) in [5.74, 6) is 1.36. The van der Waals surface area contributed by atoms with Gasteiger partial charge in [0.05, 0.1) is 17.8 Å². The second kappa shape index (κ2) is 19.9. The van der Waals surface area contributed by atoms with Crippen molar-refractivity contribution < 1.29 is 28.6 Å². The van der Waals surface area contributed by atoms with Gasteiger partial charge in [-0.15, -0.1) is 0 Å². The van der Waals surface area contributed by atoms with Crippen molar-refractivity contribution in [3.05, 3.63) is 24.3 Å². The minimum absolute atomic E-state index is 0.0831.